The van der Waals surface area contributed by atoms with E-state index in [2.05, 4.69) is 17.2 Å². The van der Waals surface area contributed by atoms with Crippen molar-refractivity contribution in [2.75, 3.05) is 39.5 Å². The molecule has 1 heterocycles. The summed E-state index contributed by atoms with van der Waals surface area (Å²) in [5, 5.41) is 24.4. The third-order valence-electron chi connectivity index (χ3n) is 7.18. The summed E-state index contributed by atoms with van der Waals surface area (Å²) in [5.41, 5.74) is 6.16. The number of nitrogen functional groups attached to an aromatic ring is 1. The molecular formula is C20H34N4O3S. The highest BCUT2D eigenvalue weighted by molar-refractivity contribution is 7.15. The fraction of sp³-hybridized carbons (Fsp3) is 0.800. The maximum absolute atomic E-state index is 12.7. The van der Waals surface area contributed by atoms with Gasteiger partial charge in [-0.15, -0.1) is 11.3 Å². The molecule has 5 N–H and O–H groups in total. The van der Waals surface area contributed by atoms with E-state index < -0.39 is 11.5 Å². The number of aromatic nitrogens is 1. The van der Waals surface area contributed by atoms with Gasteiger partial charge >= 0.3 is 0 Å². The summed E-state index contributed by atoms with van der Waals surface area (Å²) in [4.78, 5) is 20.5. The largest absolute Gasteiger partial charge is 0.396 e. The minimum Gasteiger partial charge on any atom is -0.396 e. The zero-order chi connectivity index (χ0) is 20.7. The van der Waals surface area contributed by atoms with E-state index in [1.807, 2.05) is 25.9 Å². The molecule has 7 nitrogen and oxygen atoms in total. The maximum atomic E-state index is 12.7. The van der Waals surface area contributed by atoms with E-state index in [4.69, 9.17) is 5.73 Å². The third-order valence-corrected chi connectivity index (χ3v) is 8.10. The van der Waals surface area contributed by atoms with Gasteiger partial charge in [-0.1, -0.05) is 13.8 Å². The lowest BCUT2D eigenvalue weighted by Gasteiger charge is -2.58. The molecule has 1 aromatic heterocycles. The summed E-state index contributed by atoms with van der Waals surface area (Å²) in [5.74, 6) is 0.0243. The number of fused-ring (bicyclic) bond motifs is 2. The molecule has 3 rings (SSSR count). The van der Waals surface area contributed by atoms with Crippen molar-refractivity contribution in [1.29, 1.82) is 0 Å². The van der Waals surface area contributed by atoms with Crippen LogP contribution < -0.4 is 11.1 Å². The van der Waals surface area contributed by atoms with Crippen LogP contribution in [-0.4, -0.2) is 65.9 Å². The molecule has 158 valence electrons. The Balaban J connectivity index is 1.91. The van der Waals surface area contributed by atoms with Gasteiger partial charge in [-0.05, 0) is 44.7 Å². The number of hydrogen-bond donors (Lipinski definition) is 4. The molecular weight excluding hydrogens is 376 g/mol. The number of nitrogens with two attached hydrogens (primary N) is 1. The lowest BCUT2D eigenvalue weighted by molar-refractivity contribution is -0.144. The van der Waals surface area contributed by atoms with Crippen LogP contribution in [0.3, 0.4) is 0 Å². The van der Waals surface area contributed by atoms with Crippen LogP contribution in [0.4, 0.5) is 5.13 Å². The van der Waals surface area contributed by atoms with Crippen LogP contribution in [0.25, 0.3) is 0 Å². The molecule has 0 aliphatic heterocycles. The average Bonchev–Trinajstić information content (AvgIpc) is 3.00. The SMILES string of the molecule is CN(C)CCNC(=O)C[C@@H]1c2nc(N)sc2C[C@@H]2[C@](C)(CO)[C@H](O)CC[C@]21C. The van der Waals surface area contributed by atoms with Gasteiger partial charge in [-0.3, -0.25) is 4.79 Å². The highest BCUT2D eigenvalue weighted by Gasteiger charge is 2.59. The van der Waals surface area contributed by atoms with E-state index in [0.717, 1.165) is 30.0 Å². The van der Waals surface area contributed by atoms with Crippen LogP contribution in [0.1, 0.15) is 49.6 Å². The zero-order valence-corrected chi connectivity index (χ0v) is 18.2. The molecule has 0 bridgehead atoms. The molecule has 1 aromatic rings. The Morgan fingerprint density at radius 1 is 1.43 bits per heavy atom. The summed E-state index contributed by atoms with van der Waals surface area (Å²) in [6, 6.07) is 0. The monoisotopic (exact) mass is 410 g/mol. The van der Waals surface area contributed by atoms with Gasteiger partial charge in [-0.2, -0.15) is 0 Å². The van der Waals surface area contributed by atoms with Crippen molar-refractivity contribution in [3.05, 3.63) is 10.6 Å². The number of nitrogens with zero attached hydrogens (tertiary/aromatic N) is 2. The summed E-state index contributed by atoms with van der Waals surface area (Å²) in [6.45, 7) is 5.51. The first-order valence-corrected chi connectivity index (χ1v) is 10.9. The number of aliphatic hydroxyl groups is 2. The maximum Gasteiger partial charge on any atom is 0.220 e. The molecule has 0 radical (unpaired) electrons. The number of rotatable bonds is 6. The molecule has 28 heavy (non-hydrogen) atoms. The van der Waals surface area contributed by atoms with Crippen molar-refractivity contribution in [1.82, 2.24) is 15.2 Å². The van der Waals surface area contributed by atoms with Gasteiger partial charge in [0, 0.05) is 35.7 Å². The van der Waals surface area contributed by atoms with Gasteiger partial charge in [-0.25, -0.2) is 4.98 Å². The Labute approximate surface area is 171 Å². The zero-order valence-electron chi connectivity index (χ0n) is 17.4. The predicted octanol–water partition coefficient (Wildman–Crippen LogP) is 1.21. The normalized spacial score (nSPS) is 34.8. The molecule has 0 saturated heterocycles. The topological polar surface area (TPSA) is 112 Å². The van der Waals surface area contributed by atoms with Crippen molar-refractivity contribution >= 4 is 22.4 Å². The van der Waals surface area contributed by atoms with Crippen LogP contribution >= 0.6 is 11.3 Å². The number of likely N-dealkylation sites (N-methyl/N-ethyl adjacent to an activating group) is 1. The minimum atomic E-state index is -0.594. The Morgan fingerprint density at radius 3 is 2.79 bits per heavy atom. The van der Waals surface area contributed by atoms with Gasteiger partial charge in [0.1, 0.15) is 0 Å². The van der Waals surface area contributed by atoms with Gasteiger partial charge < -0.3 is 26.2 Å². The summed E-state index contributed by atoms with van der Waals surface area (Å²) < 4.78 is 0. The van der Waals surface area contributed by atoms with E-state index in [9.17, 15) is 15.0 Å². The number of anilines is 1. The fourth-order valence-electron chi connectivity index (χ4n) is 5.34. The molecule has 1 saturated carbocycles. The number of carbonyl (C=O) groups excluding carboxylic acids is 1. The Hall–Kier alpha value is -1.22. The van der Waals surface area contributed by atoms with E-state index >= 15 is 0 Å². The minimum absolute atomic E-state index is 0.0167. The highest BCUT2D eigenvalue weighted by Crippen LogP contribution is 2.62. The second-order valence-corrected chi connectivity index (χ2v) is 10.4. The second-order valence-electron chi connectivity index (χ2n) is 9.25. The molecule has 0 aromatic carbocycles. The Morgan fingerprint density at radius 2 is 2.14 bits per heavy atom. The number of aliphatic hydroxyl groups excluding tert-OH is 2. The van der Waals surface area contributed by atoms with Gasteiger partial charge in [0.2, 0.25) is 5.91 Å². The number of nitrogens with one attached hydrogen (secondary N) is 1. The quantitative estimate of drug-likeness (QED) is 0.561. The van der Waals surface area contributed by atoms with Gasteiger partial charge in [0.25, 0.3) is 0 Å². The molecule has 5 atom stereocenters. The number of amides is 1. The summed E-state index contributed by atoms with van der Waals surface area (Å²) in [6.07, 6.45) is 1.98. The predicted molar refractivity (Wildman–Crippen MR) is 111 cm³/mol. The van der Waals surface area contributed by atoms with E-state index in [1.54, 1.807) is 0 Å². The number of thiazole rings is 1. The van der Waals surface area contributed by atoms with Crippen molar-refractivity contribution < 1.29 is 15.0 Å². The van der Waals surface area contributed by atoms with E-state index in [-0.39, 0.29) is 29.8 Å². The van der Waals surface area contributed by atoms with Crippen molar-refractivity contribution in [3.63, 3.8) is 0 Å². The first-order valence-electron chi connectivity index (χ1n) is 10.1. The van der Waals surface area contributed by atoms with E-state index in [0.29, 0.717) is 24.5 Å². The Kier molecular flexibility index (Phi) is 6.06. The van der Waals surface area contributed by atoms with Crippen LogP contribution in [0, 0.1) is 16.7 Å². The number of hydrogen-bond acceptors (Lipinski definition) is 7. The van der Waals surface area contributed by atoms with E-state index in [1.165, 1.54) is 11.3 Å². The second kappa shape index (κ2) is 7.89. The first kappa shape index (κ1) is 21.5. The van der Waals surface area contributed by atoms with Crippen LogP contribution in [0.2, 0.25) is 0 Å². The molecule has 1 fully saturated rings. The molecule has 0 unspecified atom stereocenters. The Bertz CT molecular complexity index is 724. The molecule has 2 aliphatic rings. The lowest BCUT2D eigenvalue weighted by atomic mass is 9.47. The highest BCUT2D eigenvalue weighted by atomic mass is 32.1. The number of carbonyl (C=O) groups is 1. The average molecular weight is 411 g/mol. The van der Waals surface area contributed by atoms with Crippen molar-refractivity contribution in [3.8, 4) is 0 Å². The summed E-state index contributed by atoms with van der Waals surface area (Å²) in [7, 11) is 3.96. The molecule has 8 heteroatoms. The molecule has 0 spiro atoms. The smallest absolute Gasteiger partial charge is 0.220 e. The van der Waals surface area contributed by atoms with Crippen molar-refractivity contribution in [2.45, 2.75) is 51.6 Å². The molecule has 1 amide bonds. The van der Waals surface area contributed by atoms with Crippen LogP contribution in [0.15, 0.2) is 0 Å². The van der Waals surface area contributed by atoms with Gasteiger partial charge in [0.05, 0.1) is 18.4 Å². The van der Waals surface area contributed by atoms with Crippen LogP contribution in [0.5, 0.6) is 0 Å². The lowest BCUT2D eigenvalue weighted by Crippen LogP contribution is -2.57. The first-order chi connectivity index (χ1) is 13.1. The molecule has 2 aliphatic carbocycles. The summed E-state index contributed by atoms with van der Waals surface area (Å²) >= 11 is 1.47. The van der Waals surface area contributed by atoms with Gasteiger partial charge in [0.15, 0.2) is 5.13 Å². The standard InChI is InChI=1S/C20H34N4O3S/c1-19-6-5-15(26)20(2,11-25)14(19)10-13-17(23-18(21)28-13)12(19)9-16(27)22-7-8-24(3)4/h12,14-15,25-26H,5-11H2,1-4H3,(H2,21,23)(H,22,27)/t12-,14+,15-,19+,20+/m1/s1. The van der Waals surface area contributed by atoms with Crippen molar-refractivity contribution in [2.24, 2.45) is 16.7 Å². The van der Waals surface area contributed by atoms with Crippen LogP contribution in [-0.2, 0) is 11.2 Å². The fourth-order valence-corrected chi connectivity index (χ4v) is 6.28. The third kappa shape index (κ3) is 3.67.